The van der Waals surface area contributed by atoms with Gasteiger partial charge in [0.05, 0.1) is 11.2 Å². The number of carboxylic acids is 1. The predicted octanol–water partition coefficient (Wildman–Crippen LogP) is 2.70. The maximum atomic E-state index is 11.4. The van der Waals surface area contributed by atoms with Gasteiger partial charge in [-0.15, -0.1) is 0 Å². The molecule has 4 heteroatoms. The maximum Gasteiger partial charge on any atom is 0.339 e. The highest BCUT2D eigenvalue weighted by Gasteiger charge is 2.19. The molecule has 0 atom stereocenters. The molecule has 0 saturated heterocycles. The van der Waals surface area contributed by atoms with Crippen LogP contribution in [0.15, 0.2) is 42.6 Å². The number of rotatable bonds is 2. The van der Waals surface area contributed by atoms with Gasteiger partial charge in [0.15, 0.2) is 0 Å². The largest absolute Gasteiger partial charge is 0.478 e. The second-order valence-electron chi connectivity index (χ2n) is 4.55. The van der Waals surface area contributed by atoms with Crippen LogP contribution in [0.2, 0.25) is 0 Å². The van der Waals surface area contributed by atoms with Gasteiger partial charge in [-0.2, -0.15) is 0 Å². The lowest BCUT2D eigenvalue weighted by atomic mass is 10.1. The van der Waals surface area contributed by atoms with Crippen molar-refractivity contribution in [2.24, 2.45) is 0 Å². The molecule has 0 saturated carbocycles. The van der Waals surface area contributed by atoms with Crippen LogP contribution in [0.4, 0.5) is 5.69 Å². The topological polar surface area (TPSA) is 53.4 Å². The average Bonchev–Trinajstić information content (AvgIpc) is 2.46. The van der Waals surface area contributed by atoms with Crippen molar-refractivity contribution in [3.63, 3.8) is 0 Å². The van der Waals surface area contributed by atoms with Crippen LogP contribution in [0.3, 0.4) is 0 Å². The van der Waals surface area contributed by atoms with Crippen molar-refractivity contribution in [3.05, 3.63) is 48.2 Å². The number of hydrogen-bond acceptors (Lipinski definition) is 3. The summed E-state index contributed by atoms with van der Waals surface area (Å²) in [4.78, 5) is 17.8. The van der Waals surface area contributed by atoms with E-state index in [-0.39, 0.29) is 5.56 Å². The Bertz CT molecular complexity index is 664. The summed E-state index contributed by atoms with van der Waals surface area (Å²) in [6.45, 7) is 1.58. The first-order chi connectivity index (χ1) is 9.27. The quantitative estimate of drug-likeness (QED) is 0.837. The van der Waals surface area contributed by atoms with Crippen LogP contribution >= 0.6 is 0 Å². The highest BCUT2D eigenvalue weighted by molar-refractivity contribution is 6.04. The number of aromatic nitrogens is 1. The van der Waals surface area contributed by atoms with Crippen molar-refractivity contribution in [1.29, 1.82) is 0 Å². The highest BCUT2D eigenvalue weighted by Crippen LogP contribution is 2.30. The van der Waals surface area contributed by atoms with Gasteiger partial charge in [-0.05, 0) is 12.5 Å². The fourth-order valence-electron chi connectivity index (χ4n) is 2.47. The van der Waals surface area contributed by atoms with E-state index in [4.69, 9.17) is 0 Å². The molecule has 1 N–H and O–H groups in total. The molecule has 4 nitrogen and oxygen atoms in total. The fraction of sp³-hybridized carbons (Fsp3) is 0.200. The van der Waals surface area contributed by atoms with Crippen LogP contribution in [-0.2, 0) is 0 Å². The molecule has 0 amide bonds. The molecule has 1 aromatic carbocycles. The van der Waals surface area contributed by atoms with Crippen LogP contribution < -0.4 is 4.90 Å². The van der Waals surface area contributed by atoms with Crippen LogP contribution in [0.25, 0.3) is 10.9 Å². The number of pyridine rings is 1. The monoisotopic (exact) mass is 254 g/mol. The van der Waals surface area contributed by atoms with E-state index in [1.54, 1.807) is 0 Å². The van der Waals surface area contributed by atoms with E-state index >= 15 is 0 Å². The summed E-state index contributed by atoms with van der Waals surface area (Å²) in [6, 6.07) is 7.67. The summed E-state index contributed by atoms with van der Waals surface area (Å²) in [6.07, 6.45) is 6.60. The Morgan fingerprint density at radius 1 is 1.26 bits per heavy atom. The first-order valence-electron chi connectivity index (χ1n) is 6.28. The van der Waals surface area contributed by atoms with Crippen molar-refractivity contribution in [2.75, 3.05) is 18.0 Å². The molecule has 0 unspecified atom stereocenters. The lowest BCUT2D eigenvalue weighted by Crippen LogP contribution is -2.28. The second kappa shape index (κ2) is 4.72. The zero-order chi connectivity index (χ0) is 13.2. The number of anilines is 1. The first kappa shape index (κ1) is 11.7. The summed E-state index contributed by atoms with van der Waals surface area (Å²) in [7, 11) is 0. The molecule has 2 heterocycles. The summed E-state index contributed by atoms with van der Waals surface area (Å²) in [5.74, 6) is -0.928. The number of aromatic carboxylic acids is 1. The van der Waals surface area contributed by atoms with E-state index in [9.17, 15) is 9.90 Å². The Balaban J connectivity index is 2.25. The lowest BCUT2D eigenvalue weighted by Gasteiger charge is -2.28. The first-order valence-corrected chi connectivity index (χ1v) is 6.28. The van der Waals surface area contributed by atoms with Crippen molar-refractivity contribution in [2.45, 2.75) is 6.42 Å². The van der Waals surface area contributed by atoms with Crippen LogP contribution in [0, 0.1) is 0 Å². The van der Waals surface area contributed by atoms with Gasteiger partial charge in [-0.3, -0.25) is 4.98 Å². The Labute approximate surface area is 111 Å². The van der Waals surface area contributed by atoms with E-state index in [0.29, 0.717) is 0 Å². The van der Waals surface area contributed by atoms with Crippen molar-refractivity contribution in [3.8, 4) is 0 Å². The minimum atomic E-state index is -0.928. The number of hydrogen-bond donors (Lipinski definition) is 1. The lowest BCUT2D eigenvalue weighted by molar-refractivity contribution is 0.0697. The van der Waals surface area contributed by atoms with Crippen LogP contribution in [0.1, 0.15) is 16.8 Å². The van der Waals surface area contributed by atoms with Gasteiger partial charge in [0.25, 0.3) is 0 Å². The van der Waals surface area contributed by atoms with Gasteiger partial charge in [0.2, 0.25) is 0 Å². The summed E-state index contributed by atoms with van der Waals surface area (Å²) in [5, 5.41) is 10.3. The predicted molar refractivity (Wildman–Crippen MR) is 74.7 cm³/mol. The average molecular weight is 254 g/mol. The molecular formula is C15H14N2O2. The summed E-state index contributed by atoms with van der Waals surface area (Å²) >= 11 is 0. The fourth-order valence-corrected chi connectivity index (χ4v) is 2.47. The van der Waals surface area contributed by atoms with Gasteiger partial charge in [-0.1, -0.05) is 30.4 Å². The van der Waals surface area contributed by atoms with Gasteiger partial charge in [0, 0.05) is 24.7 Å². The second-order valence-corrected chi connectivity index (χ2v) is 4.55. The van der Waals surface area contributed by atoms with Gasteiger partial charge >= 0.3 is 5.97 Å². The smallest absolute Gasteiger partial charge is 0.339 e. The molecular weight excluding hydrogens is 240 g/mol. The van der Waals surface area contributed by atoms with Gasteiger partial charge in [-0.25, -0.2) is 4.79 Å². The standard InChI is InChI=1S/C15H14N2O2/c18-15(19)12-10-16-13-7-3-2-6-11(13)14(12)17-8-4-1-5-9-17/h1-4,6-7,10H,5,8-9H2,(H,18,19). The van der Waals surface area contributed by atoms with Gasteiger partial charge in [0.1, 0.15) is 5.56 Å². The van der Waals surface area contributed by atoms with E-state index in [1.165, 1.54) is 6.20 Å². The molecule has 0 bridgehead atoms. The van der Waals surface area contributed by atoms with E-state index < -0.39 is 5.97 Å². The van der Waals surface area contributed by atoms with E-state index in [0.717, 1.165) is 36.1 Å². The van der Waals surface area contributed by atoms with Crippen LogP contribution in [0.5, 0.6) is 0 Å². The van der Waals surface area contributed by atoms with Crippen molar-refractivity contribution < 1.29 is 9.90 Å². The third-order valence-corrected chi connectivity index (χ3v) is 3.35. The third kappa shape index (κ3) is 2.05. The van der Waals surface area contributed by atoms with Gasteiger partial charge < -0.3 is 10.0 Å². The molecule has 0 spiro atoms. The number of benzene rings is 1. The number of carbonyl (C=O) groups is 1. The summed E-state index contributed by atoms with van der Waals surface area (Å²) < 4.78 is 0. The SMILES string of the molecule is O=C(O)c1cnc2ccccc2c1N1CC=CCC1. The Morgan fingerprint density at radius 2 is 2.11 bits per heavy atom. The molecule has 0 fully saturated rings. The number of carboxylic acid groups (broad SMARTS) is 1. The number of fused-ring (bicyclic) bond motifs is 1. The Kier molecular flexibility index (Phi) is 2.91. The van der Waals surface area contributed by atoms with E-state index in [2.05, 4.69) is 22.0 Å². The minimum Gasteiger partial charge on any atom is -0.478 e. The highest BCUT2D eigenvalue weighted by atomic mass is 16.4. The van der Waals surface area contributed by atoms with E-state index in [1.807, 2.05) is 24.3 Å². The van der Waals surface area contributed by atoms with Crippen molar-refractivity contribution in [1.82, 2.24) is 4.98 Å². The summed E-state index contributed by atoms with van der Waals surface area (Å²) in [5.41, 5.74) is 1.88. The third-order valence-electron chi connectivity index (χ3n) is 3.35. The normalized spacial score (nSPS) is 14.8. The molecule has 1 aliphatic heterocycles. The number of para-hydroxylation sites is 1. The minimum absolute atomic E-state index is 0.272. The molecule has 96 valence electrons. The molecule has 19 heavy (non-hydrogen) atoms. The van der Waals surface area contributed by atoms with Crippen LogP contribution in [-0.4, -0.2) is 29.1 Å². The zero-order valence-electron chi connectivity index (χ0n) is 10.4. The molecule has 1 aliphatic rings. The number of nitrogens with zero attached hydrogens (tertiary/aromatic N) is 2. The Morgan fingerprint density at radius 3 is 2.84 bits per heavy atom. The molecule has 2 aromatic rings. The molecule has 0 aliphatic carbocycles. The Hall–Kier alpha value is -2.36. The molecule has 0 radical (unpaired) electrons. The maximum absolute atomic E-state index is 11.4. The zero-order valence-corrected chi connectivity index (χ0v) is 10.4. The molecule has 3 rings (SSSR count). The van der Waals surface area contributed by atoms with Crippen molar-refractivity contribution >= 4 is 22.6 Å². The molecule has 1 aromatic heterocycles.